The van der Waals surface area contributed by atoms with Gasteiger partial charge in [-0.15, -0.1) is 0 Å². The third-order valence-electron chi connectivity index (χ3n) is 2.90. The summed E-state index contributed by atoms with van der Waals surface area (Å²) in [5.74, 6) is 1.49. The van der Waals surface area contributed by atoms with Crippen LogP contribution in [-0.4, -0.2) is 11.6 Å². The zero-order chi connectivity index (χ0) is 15.4. The predicted molar refractivity (Wildman–Crippen MR) is 77.3 cm³/mol. The summed E-state index contributed by atoms with van der Waals surface area (Å²) >= 11 is 3.31. The molecule has 0 bridgehead atoms. The third kappa shape index (κ3) is 4.50. The number of aryl methyl sites for hydroxylation is 2. The highest BCUT2D eigenvalue weighted by Gasteiger charge is 2.11. The molecule has 0 aliphatic heterocycles. The van der Waals surface area contributed by atoms with Gasteiger partial charge in [0.1, 0.15) is 11.5 Å². The van der Waals surface area contributed by atoms with Gasteiger partial charge in [-0.05, 0) is 32.0 Å². The topological polar surface area (TPSA) is 47.3 Å². The number of benzene rings is 1. The summed E-state index contributed by atoms with van der Waals surface area (Å²) in [6.45, 7) is 1.64. The summed E-state index contributed by atoms with van der Waals surface area (Å²) in [5.41, 5.74) is 1.47. The molecule has 0 aliphatic carbocycles. The number of rotatable bonds is 6. The lowest BCUT2D eigenvalue weighted by Gasteiger charge is -2.11. The number of aromatic nitrogens is 1. The smallest absolute Gasteiger partial charge is 0.387 e. The molecule has 0 fully saturated rings. The molecule has 0 amide bonds. The fourth-order valence-electron chi connectivity index (χ4n) is 1.82. The quantitative estimate of drug-likeness (QED) is 0.847. The molecule has 0 atom stereocenters. The van der Waals surface area contributed by atoms with E-state index in [0.29, 0.717) is 24.5 Å². The third-order valence-corrected chi connectivity index (χ3v) is 3.40. The molecule has 21 heavy (non-hydrogen) atoms. The standard InChI is InChI=1S/C14H15BrF2N2O2/c1-8-9(2)20-13(19-8)7-18-6-10-5-11(15)3-4-12(10)21-14(16)17/h3-5,14,18H,6-7H2,1-2H3. The molecule has 2 aromatic rings. The number of ether oxygens (including phenoxy) is 1. The second-order valence-electron chi connectivity index (χ2n) is 4.48. The Bertz CT molecular complexity index is 598. The SMILES string of the molecule is Cc1nc(CNCc2cc(Br)ccc2OC(F)F)oc1C. The van der Waals surface area contributed by atoms with Gasteiger partial charge in [-0.3, -0.25) is 0 Å². The fourth-order valence-corrected chi connectivity index (χ4v) is 2.22. The summed E-state index contributed by atoms with van der Waals surface area (Å²) in [6.07, 6.45) is 0. The van der Waals surface area contributed by atoms with Gasteiger partial charge in [0.2, 0.25) is 5.89 Å². The van der Waals surface area contributed by atoms with E-state index in [2.05, 4.69) is 31.0 Å². The van der Waals surface area contributed by atoms with Crippen LogP contribution in [0.25, 0.3) is 0 Å². The van der Waals surface area contributed by atoms with Crippen molar-refractivity contribution in [1.82, 2.24) is 10.3 Å². The van der Waals surface area contributed by atoms with Crippen molar-refractivity contribution in [2.75, 3.05) is 0 Å². The highest BCUT2D eigenvalue weighted by Crippen LogP contribution is 2.24. The second-order valence-corrected chi connectivity index (χ2v) is 5.40. The first-order valence-corrected chi connectivity index (χ1v) is 7.12. The van der Waals surface area contributed by atoms with E-state index in [4.69, 9.17) is 4.42 Å². The van der Waals surface area contributed by atoms with E-state index < -0.39 is 6.61 Å². The average molecular weight is 361 g/mol. The predicted octanol–water partition coefficient (Wildman–Crippen LogP) is 3.95. The van der Waals surface area contributed by atoms with Crippen molar-refractivity contribution < 1.29 is 17.9 Å². The Hall–Kier alpha value is -1.47. The number of nitrogens with one attached hydrogen (secondary N) is 1. The Morgan fingerprint density at radius 1 is 1.33 bits per heavy atom. The molecule has 1 N–H and O–H groups in total. The number of oxazole rings is 1. The molecule has 0 unspecified atom stereocenters. The van der Waals surface area contributed by atoms with E-state index >= 15 is 0 Å². The number of halogens is 3. The van der Waals surface area contributed by atoms with E-state index in [-0.39, 0.29) is 5.75 Å². The van der Waals surface area contributed by atoms with Gasteiger partial charge in [0.15, 0.2) is 0 Å². The molecule has 2 rings (SSSR count). The molecule has 7 heteroatoms. The van der Waals surface area contributed by atoms with Crippen molar-refractivity contribution >= 4 is 15.9 Å². The number of hydrogen-bond acceptors (Lipinski definition) is 4. The Labute approximate surface area is 129 Å². The van der Waals surface area contributed by atoms with Crippen molar-refractivity contribution in [3.05, 3.63) is 45.6 Å². The van der Waals surface area contributed by atoms with E-state index in [0.717, 1.165) is 15.9 Å². The number of alkyl halides is 2. The van der Waals surface area contributed by atoms with Crippen LogP contribution in [-0.2, 0) is 13.1 Å². The summed E-state index contributed by atoms with van der Waals surface area (Å²) in [6, 6.07) is 4.89. The van der Waals surface area contributed by atoms with Gasteiger partial charge in [0.25, 0.3) is 0 Å². The lowest BCUT2D eigenvalue weighted by Crippen LogP contribution is -2.14. The zero-order valence-electron chi connectivity index (χ0n) is 11.6. The molecule has 0 radical (unpaired) electrons. The Balaban J connectivity index is 2.00. The van der Waals surface area contributed by atoms with E-state index in [9.17, 15) is 8.78 Å². The maximum absolute atomic E-state index is 12.4. The molecule has 0 saturated carbocycles. The van der Waals surface area contributed by atoms with Gasteiger partial charge in [-0.25, -0.2) is 4.98 Å². The Kier molecular flexibility index (Phi) is 5.30. The molecular weight excluding hydrogens is 346 g/mol. The molecule has 1 aromatic carbocycles. The largest absolute Gasteiger partial charge is 0.444 e. The molecule has 0 saturated heterocycles. The summed E-state index contributed by atoms with van der Waals surface area (Å²) in [4.78, 5) is 4.24. The molecule has 1 aromatic heterocycles. The minimum atomic E-state index is -2.85. The lowest BCUT2D eigenvalue weighted by molar-refractivity contribution is -0.0505. The molecular formula is C14H15BrF2N2O2. The normalized spacial score (nSPS) is 11.1. The minimum absolute atomic E-state index is 0.153. The van der Waals surface area contributed by atoms with Crippen LogP contribution in [0.1, 0.15) is 22.9 Å². The lowest BCUT2D eigenvalue weighted by atomic mass is 10.2. The first-order chi connectivity index (χ1) is 9.95. The molecule has 0 spiro atoms. The van der Waals surface area contributed by atoms with Crippen LogP contribution in [0.3, 0.4) is 0 Å². The fraction of sp³-hybridized carbons (Fsp3) is 0.357. The highest BCUT2D eigenvalue weighted by molar-refractivity contribution is 9.10. The van der Waals surface area contributed by atoms with Gasteiger partial charge >= 0.3 is 6.61 Å². The monoisotopic (exact) mass is 360 g/mol. The second kappa shape index (κ2) is 7.00. The van der Waals surface area contributed by atoms with Gasteiger partial charge in [0, 0.05) is 16.6 Å². The first-order valence-electron chi connectivity index (χ1n) is 6.32. The maximum Gasteiger partial charge on any atom is 0.387 e. The van der Waals surface area contributed by atoms with Crippen LogP contribution in [0.15, 0.2) is 27.1 Å². The molecule has 0 aliphatic rings. The minimum Gasteiger partial charge on any atom is -0.444 e. The van der Waals surface area contributed by atoms with Crippen LogP contribution >= 0.6 is 15.9 Å². The van der Waals surface area contributed by atoms with Crippen molar-refractivity contribution in [1.29, 1.82) is 0 Å². The van der Waals surface area contributed by atoms with Gasteiger partial charge in [-0.2, -0.15) is 8.78 Å². The first kappa shape index (κ1) is 15.9. The molecule has 114 valence electrons. The van der Waals surface area contributed by atoms with Crippen LogP contribution in [0.2, 0.25) is 0 Å². The van der Waals surface area contributed by atoms with E-state index in [1.165, 1.54) is 6.07 Å². The van der Waals surface area contributed by atoms with Crippen LogP contribution in [0, 0.1) is 13.8 Å². The van der Waals surface area contributed by atoms with Gasteiger partial charge < -0.3 is 14.5 Å². The highest BCUT2D eigenvalue weighted by atomic mass is 79.9. The Morgan fingerprint density at radius 2 is 2.10 bits per heavy atom. The summed E-state index contributed by atoms with van der Waals surface area (Å²) in [5, 5.41) is 3.10. The molecule has 1 heterocycles. The Morgan fingerprint density at radius 3 is 2.71 bits per heavy atom. The number of hydrogen-bond donors (Lipinski definition) is 1. The van der Waals surface area contributed by atoms with Crippen LogP contribution in [0.5, 0.6) is 5.75 Å². The van der Waals surface area contributed by atoms with Crippen LogP contribution < -0.4 is 10.1 Å². The van der Waals surface area contributed by atoms with Crippen molar-refractivity contribution in [2.45, 2.75) is 33.5 Å². The van der Waals surface area contributed by atoms with Crippen molar-refractivity contribution in [2.24, 2.45) is 0 Å². The average Bonchev–Trinajstić information content (AvgIpc) is 2.71. The molecule has 4 nitrogen and oxygen atoms in total. The van der Waals surface area contributed by atoms with Gasteiger partial charge in [0.05, 0.1) is 12.2 Å². The maximum atomic E-state index is 12.4. The number of nitrogens with zero attached hydrogens (tertiary/aromatic N) is 1. The van der Waals surface area contributed by atoms with E-state index in [1.54, 1.807) is 12.1 Å². The zero-order valence-corrected chi connectivity index (χ0v) is 13.2. The van der Waals surface area contributed by atoms with Crippen LogP contribution in [0.4, 0.5) is 8.78 Å². The van der Waals surface area contributed by atoms with E-state index in [1.807, 2.05) is 13.8 Å². The van der Waals surface area contributed by atoms with Gasteiger partial charge in [-0.1, -0.05) is 15.9 Å². The summed E-state index contributed by atoms with van der Waals surface area (Å²) in [7, 11) is 0. The van der Waals surface area contributed by atoms with Crippen molar-refractivity contribution in [3.63, 3.8) is 0 Å². The van der Waals surface area contributed by atoms with Crippen molar-refractivity contribution in [3.8, 4) is 5.75 Å². The summed E-state index contributed by atoms with van der Waals surface area (Å²) < 4.78 is 35.4.